The molecule has 1 aromatic carbocycles. The lowest BCUT2D eigenvalue weighted by Crippen LogP contribution is -2.38. The van der Waals surface area contributed by atoms with Gasteiger partial charge in [-0.2, -0.15) is 0 Å². The van der Waals surface area contributed by atoms with Gasteiger partial charge in [-0.05, 0) is 12.1 Å². The van der Waals surface area contributed by atoms with Gasteiger partial charge in [-0.3, -0.25) is 4.79 Å². The molecule has 0 fully saturated rings. The lowest BCUT2D eigenvalue weighted by Gasteiger charge is -2.28. The number of rotatable bonds is 2. The van der Waals surface area contributed by atoms with Crippen LogP contribution in [0.15, 0.2) is 30.6 Å². The predicted octanol–water partition coefficient (Wildman–Crippen LogP) is 1.13. The number of hydrogen-bond donors (Lipinski definition) is 1. The molecule has 1 aromatic heterocycles. The van der Waals surface area contributed by atoms with Crippen molar-refractivity contribution in [2.75, 3.05) is 19.4 Å². The molecule has 0 bridgehead atoms. The van der Waals surface area contributed by atoms with Crippen molar-refractivity contribution < 1.29 is 9.53 Å². The predicted molar refractivity (Wildman–Crippen MR) is 74.4 cm³/mol. The number of benzene rings is 1. The molecule has 2 aromatic rings. The molecule has 1 aliphatic rings. The maximum atomic E-state index is 12.5. The highest BCUT2D eigenvalue weighted by atomic mass is 16.5. The van der Waals surface area contributed by atoms with Crippen molar-refractivity contribution in [2.24, 2.45) is 0 Å². The highest BCUT2D eigenvalue weighted by Gasteiger charge is 2.23. The van der Waals surface area contributed by atoms with Gasteiger partial charge in [-0.1, -0.05) is 0 Å². The largest absolute Gasteiger partial charge is 0.497 e. The second-order valence-electron chi connectivity index (χ2n) is 4.72. The van der Waals surface area contributed by atoms with Gasteiger partial charge in [0.2, 0.25) is 0 Å². The number of hydrogen-bond acceptors (Lipinski definition) is 4. The minimum atomic E-state index is -0.0700. The number of methoxy groups -OCH3 is 1. The quantitative estimate of drug-likeness (QED) is 0.832. The average molecular weight is 272 g/mol. The van der Waals surface area contributed by atoms with Gasteiger partial charge < -0.3 is 19.9 Å². The Morgan fingerprint density at radius 3 is 3.00 bits per heavy atom. The van der Waals surface area contributed by atoms with Gasteiger partial charge in [-0.15, -0.1) is 0 Å². The first-order chi connectivity index (χ1) is 9.69. The lowest BCUT2D eigenvalue weighted by molar-refractivity contribution is 0.0708. The number of carbonyl (C=O) groups excluding carboxylic acids is 1. The van der Waals surface area contributed by atoms with E-state index in [4.69, 9.17) is 10.5 Å². The fraction of sp³-hybridized carbons (Fsp3) is 0.286. The average Bonchev–Trinajstić information content (AvgIpc) is 2.93. The Kier molecular flexibility index (Phi) is 3.06. The maximum Gasteiger partial charge on any atom is 0.256 e. The summed E-state index contributed by atoms with van der Waals surface area (Å²) in [4.78, 5) is 18.5. The molecule has 0 atom stereocenters. The number of amides is 1. The highest BCUT2D eigenvalue weighted by Crippen LogP contribution is 2.22. The Hall–Kier alpha value is -2.50. The zero-order chi connectivity index (χ0) is 14.1. The van der Waals surface area contributed by atoms with E-state index >= 15 is 0 Å². The van der Waals surface area contributed by atoms with Crippen molar-refractivity contribution in [2.45, 2.75) is 13.1 Å². The van der Waals surface area contributed by atoms with Crippen LogP contribution in [0, 0.1) is 0 Å². The number of fused-ring (bicyclic) bond motifs is 1. The minimum absolute atomic E-state index is 0.0700. The van der Waals surface area contributed by atoms with Crippen LogP contribution in [-0.4, -0.2) is 34.0 Å². The molecule has 20 heavy (non-hydrogen) atoms. The fourth-order valence-electron chi connectivity index (χ4n) is 2.38. The highest BCUT2D eigenvalue weighted by molar-refractivity contribution is 5.99. The van der Waals surface area contributed by atoms with Crippen LogP contribution in [0.25, 0.3) is 0 Å². The number of nitrogens with two attached hydrogens (primary N) is 1. The van der Waals surface area contributed by atoms with Crippen molar-refractivity contribution in [3.8, 4) is 5.75 Å². The molecule has 0 saturated carbocycles. The maximum absolute atomic E-state index is 12.5. The molecule has 0 unspecified atom stereocenters. The fourth-order valence-corrected chi connectivity index (χ4v) is 2.38. The molecular weight excluding hydrogens is 256 g/mol. The van der Waals surface area contributed by atoms with Crippen LogP contribution in [0.4, 0.5) is 5.69 Å². The SMILES string of the molecule is COc1ccc(C(=O)N2CCn3ccnc3C2)c(N)c1. The van der Waals surface area contributed by atoms with Crippen LogP contribution in [0.5, 0.6) is 5.75 Å². The molecule has 0 aliphatic carbocycles. The second-order valence-corrected chi connectivity index (χ2v) is 4.72. The van der Waals surface area contributed by atoms with Crippen LogP contribution >= 0.6 is 0 Å². The van der Waals surface area contributed by atoms with Gasteiger partial charge in [0.25, 0.3) is 5.91 Å². The zero-order valence-electron chi connectivity index (χ0n) is 11.2. The van der Waals surface area contributed by atoms with Crippen LogP contribution < -0.4 is 10.5 Å². The molecular formula is C14H16N4O2. The Labute approximate surface area is 116 Å². The van der Waals surface area contributed by atoms with E-state index in [1.165, 1.54) is 0 Å². The van der Waals surface area contributed by atoms with Gasteiger partial charge in [0, 0.05) is 37.2 Å². The summed E-state index contributed by atoms with van der Waals surface area (Å²) >= 11 is 0. The van der Waals surface area contributed by atoms with E-state index in [1.54, 1.807) is 36.4 Å². The molecule has 0 spiro atoms. The Balaban J connectivity index is 1.83. The van der Waals surface area contributed by atoms with E-state index in [1.807, 2.05) is 6.20 Å². The van der Waals surface area contributed by atoms with Crippen LogP contribution in [0.1, 0.15) is 16.2 Å². The number of nitrogens with zero attached hydrogens (tertiary/aromatic N) is 3. The first-order valence-corrected chi connectivity index (χ1v) is 6.42. The Bertz CT molecular complexity index is 650. The van der Waals surface area contributed by atoms with E-state index in [-0.39, 0.29) is 5.91 Å². The van der Waals surface area contributed by atoms with Gasteiger partial charge in [0.05, 0.1) is 19.2 Å². The van der Waals surface area contributed by atoms with Crippen molar-refractivity contribution in [1.29, 1.82) is 0 Å². The molecule has 2 heterocycles. The van der Waals surface area contributed by atoms with E-state index in [0.717, 1.165) is 12.4 Å². The third-order valence-electron chi connectivity index (χ3n) is 3.52. The Morgan fingerprint density at radius 1 is 1.40 bits per heavy atom. The summed E-state index contributed by atoms with van der Waals surface area (Å²) in [5.74, 6) is 1.48. The molecule has 6 heteroatoms. The van der Waals surface area contributed by atoms with Gasteiger partial charge in [0.1, 0.15) is 11.6 Å². The van der Waals surface area contributed by atoms with E-state index < -0.39 is 0 Å². The third-order valence-corrected chi connectivity index (χ3v) is 3.52. The lowest BCUT2D eigenvalue weighted by atomic mass is 10.1. The monoisotopic (exact) mass is 272 g/mol. The molecule has 2 N–H and O–H groups in total. The second kappa shape index (κ2) is 4.88. The summed E-state index contributed by atoms with van der Waals surface area (Å²) < 4.78 is 7.15. The first-order valence-electron chi connectivity index (χ1n) is 6.42. The van der Waals surface area contributed by atoms with Gasteiger partial charge in [0.15, 0.2) is 0 Å². The van der Waals surface area contributed by atoms with Crippen molar-refractivity contribution in [3.63, 3.8) is 0 Å². The normalized spacial score (nSPS) is 13.9. The van der Waals surface area contributed by atoms with Gasteiger partial charge in [-0.25, -0.2) is 4.98 Å². The number of nitrogen functional groups attached to an aromatic ring is 1. The van der Waals surface area contributed by atoms with E-state index in [2.05, 4.69) is 9.55 Å². The number of carbonyl (C=O) groups is 1. The number of ether oxygens (including phenoxy) is 1. The summed E-state index contributed by atoms with van der Waals surface area (Å²) in [5, 5.41) is 0. The van der Waals surface area contributed by atoms with E-state index in [9.17, 15) is 4.79 Å². The standard InChI is InChI=1S/C14H16N4O2/c1-20-10-2-3-11(12(15)8-10)14(19)18-7-6-17-5-4-16-13(17)9-18/h2-5,8H,6-7,9,15H2,1H3. The van der Waals surface area contributed by atoms with Crippen molar-refractivity contribution in [3.05, 3.63) is 42.0 Å². The topological polar surface area (TPSA) is 73.4 Å². The van der Waals surface area contributed by atoms with Gasteiger partial charge >= 0.3 is 0 Å². The van der Waals surface area contributed by atoms with E-state index in [0.29, 0.717) is 30.1 Å². The molecule has 104 valence electrons. The summed E-state index contributed by atoms with van der Waals surface area (Å²) in [6.45, 7) is 1.93. The summed E-state index contributed by atoms with van der Waals surface area (Å²) in [5.41, 5.74) is 6.87. The summed E-state index contributed by atoms with van der Waals surface area (Å²) in [7, 11) is 1.57. The Morgan fingerprint density at radius 2 is 2.25 bits per heavy atom. The van der Waals surface area contributed by atoms with Crippen molar-refractivity contribution in [1.82, 2.24) is 14.5 Å². The molecule has 0 radical (unpaired) electrons. The molecule has 3 rings (SSSR count). The van der Waals surface area contributed by atoms with Crippen LogP contribution in [-0.2, 0) is 13.1 Å². The number of imidazole rings is 1. The molecule has 0 saturated heterocycles. The van der Waals surface area contributed by atoms with Crippen LogP contribution in [0.2, 0.25) is 0 Å². The zero-order valence-corrected chi connectivity index (χ0v) is 11.2. The van der Waals surface area contributed by atoms with Crippen molar-refractivity contribution >= 4 is 11.6 Å². The molecule has 1 aliphatic heterocycles. The summed E-state index contributed by atoms with van der Waals surface area (Å²) in [6, 6.07) is 5.12. The smallest absolute Gasteiger partial charge is 0.256 e. The third kappa shape index (κ3) is 2.09. The molecule has 1 amide bonds. The first kappa shape index (κ1) is 12.5. The van der Waals surface area contributed by atoms with Crippen LogP contribution in [0.3, 0.4) is 0 Å². The number of aromatic nitrogens is 2. The molecule has 6 nitrogen and oxygen atoms in total. The minimum Gasteiger partial charge on any atom is -0.497 e. The summed E-state index contributed by atoms with van der Waals surface area (Å²) in [6.07, 6.45) is 3.68. The number of anilines is 1.